The van der Waals surface area contributed by atoms with Gasteiger partial charge >= 0.3 is 5.69 Å². The number of nitrogens with one attached hydrogen (secondary N) is 1. The number of nitrogens with two attached hydrogens (primary N) is 1. The van der Waals surface area contributed by atoms with E-state index in [9.17, 15) is 14.9 Å². The minimum absolute atomic E-state index is 0.0934. The highest BCUT2D eigenvalue weighted by Gasteiger charge is 2.14. The van der Waals surface area contributed by atoms with Gasteiger partial charge in [0, 0.05) is 19.1 Å². The molecule has 0 bridgehead atoms. The molecule has 0 unspecified atom stereocenters. The lowest BCUT2D eigenvalue weighted by Gasteiger charge is -2.10. The van der Waals surface area contributed by atoms with Gasteiger partial charge in [0.2, 0.25) is 17.6 Å². The molecule has 1 heterocycles. The van der Waals surface area contributed by atoms with Gasteiger partial charge in [-0.2, -0.15) is 4.98 Å². The fourth-order valence-electron chi connectivity index (χ4n) is 1.62. The van der Waals surface area contributed by atoms with Gasteiger partial charge in [-0.1, -0.05) is 12.1 Å². The summed E-state index contributed by atoms with van der Waals surface area (Å²) in [5.41, 5.74) is 5.66. The van der Waals surface area contributed by atoms with E-state index in [0.717, 1.165) is 0 Å². The van der Waals surface area contributed by atoms with Crippen LogP contribution in [0.15, 0.2) is 36.4 Å². The van der Waals surface area contributed by atoms with Crippen LogP contribution in [0.25, 0.3) is 0 Å². The summed E-state index contributed by atoms with van der Waals surface area (Å²) >= 11 is 0. The summed E-state index contributed by atoms with van der Waals surface area (Å²) in [5.74, 6) is -0.0407. The average Bonchev–Trinajstić information content (AvgIpc) is 2.40. The fourth-order valence-corrected chi connectivity index (χ4v) is 1.62. The van der Waals surface area contributed by atoms with Crippen LogP contribution in [0.4, 0.5) is 17.2 Å². The van der Waals surface area contributed by atoms with Gasteiger partial charge in [-0.25, -0.2) is 0 Å². The van der Waals surface area contributed by atoms with Crippen LogP contribution in [-0.2, 0) is 4.79 Å². The van der Waals surface area contributed by atoms with Crippen molar-refractivity contribution in [2.45, 2.75) is 6.92 Å². The van der Waals surface area contributed by atoms with Crippen molar-refractivity contribution in [1.82, 2.24) is 4.98 Å². The van der Waals surface area contributed by atoms with Gasteiger partial charge in [0.25, 0.3) is 0 Å². The Kier molecular flexibility index (Phi) is 3.98. The number of carbonyl (C=O) groups is 1. The zero-order chi connectivity index (χ0) is 15.4. The molecule has 0 atom stereocenters. The molecule has 1 aromatic carbocycles. The first-order valence-corrected chi connectivity index (χ1v) is 5.93. The number of nitrogen functional groups attached to an aromatic ring is 1. The summed E-state index contributed by atoms with van der Waals surface area (Å²) in [6.07, 6.45) is 0. The highest BCUT2D eigenvalue weighted by molar-refractivity contribution is 5.90. The molecule has 0 spiro atoms. The number of anilines is 2. The minimum atomic E-state index is -0.628. The normalized spacial score (nSPS) is 9.95. The summed E-state index contributed by atoms with van der Waals surface area (Å²) < 4.78 is 5.50. The van der Waals surface area contributed by atoms with Crippen molar-refractivity contribution in [3.05, 3.63) is 46.5 Å². The zero-order valence-corrected chi connectivity index (χ0v) is 11.1. The smallest absolute Gasteiger partial charge is 0.311 e. The highest BCUT2D eigenvalue weighted by atomic mass is 16.6. The summed E-state index contributed by atoms with van der Waals surface area (Å²) in [6, 6.07) is 9.28. The Morgan fingerprint density at radius 2 is 2.05 bits per heavy atom. The molecule has 0 saturated carbocycles. The molecule has 0 saturated heterocycles. The Bertz CT molecular complexity index is 702. The Morgan fingerprint density at radius 3 is 2.67 bits per heavy atom. The Morgan fingerprint density at radius 1 is 1.33 bits per heavy atom. The number of hydrogen-bond acceptors (Lipinski definition) is 6. The molecule has 0 fully saturated rings. The number of ether oxygens (including phenoxy) is 1. The number of amides is 1. The second-order valence-electron chi connectivity index (χ2n) is 4.09. The van der Waals surface area contributed by atoms with Crippen LogP contribution in [-0.4, -0.2) is 15.8 Å². The number of rotatable bonds is 4. The summed E-state index contributed by atoms with van der Waals surface area (Å²) in [4.78, 5) is 25.0. The first kappa shape index (κ1) is 14.3. The lowest BCUT2D eigenvalue weighted by Crippen LogP contribution is -2.07. The van der Waals surface area contributed by atoms with E-state index in [0.29, 0.717) is 11.4 Å². The molecule has 21 heavy (non-hydrogen) atoms. The topological polar surface area (TPSA) is 120 Å². The maximum Gasteiger partial charge on any atom is 0.311 e. The van der Waals surface area contributed by atoms with Gasteiger partial charge in [0.1, 0.15) is 0 Å². The molecule has 108 valence electrons. The molecule has 2 aromatic rings. The average molecular weight is 288 g/mol. The van der Waals surface area contributed by atoms with Crippen LogP contribution in [0.3, 0.4) is 0 Å². The highest BCUT2D eigenvalue weighted by Crippen LogP contribution is 2.30. The third kappa shape index (κ3) is 3.44. The monoisotopic (exact) mass is 288 g/mol. The largest absolute Gasteiger partial charge is 0.437 e. The third-order valence-electron chi connectivity index (χ3n) is 2.49. The van der Waals surface area contributed by atoms with Gasteiger partial charge in [-0.3, -0.25) is 14.9 Å². The van der Waals surface area contributed by atoms with Gasteiger partial charge in [-0.15, -0.1) is 0 Å². The summed E-state index contributed by atoms with van der Waals surface area (Å²) in [6.45, 7) is 1.37. The maximum absolute atomic E-state index is 11.1. The van der Waals surface area contributed by atoms with E-state index in [2.05, 4.69) is 10.3 Å². The quantitative estimate of drug-likeness (QED) is 0.658. The third-order valence-corrected chi connectivity index (χ3v) is 2.49. The van der Waals surface area contributed by atoms with Crippen molar-refractivity contribution in [3.8, 4) is 11.6 Å². The van der Waals surface area contributed by atoms with Crippen LogP contribution in [0.1, 0.15) is 6.92 Å². The van der Waals surface area contributed by atoms with Crippen molar-refractivity contribution in [2.24, 2.45) is 0 Å². The molecular formula is C13H12N4O4. The van der Waals surface area contributed by atoms with Crippen LogP contribution in [0, 0.1) is 10.1 Å². The van der Waals surface area contributed by atoms with Gasteiger partial charge in [0.15, 0.2) is 5.75 Å². The van der Waals surface area contributed by atoms with Crippen molar-refractivity contribution >= 4 is 23.1 Å². The molecule has 2 rings (SSSR count). The standard InChI is InChI=1S/C13H12N4O4/c1-8(18)15-9-4-2-3-5-11(9)21-12-7-6-10(17(19)20)13(14)16-12/h2-7H,1H3,(H2,14,16)(H,15,18). The second-order valence-corrected chi connectivity index (χ2v) is 4.09. The number of pyridine rings is 1. The molecule has 0 aliphatic carbocycles. The molecule has 0 aliphatic rings. The predicted octanol–water partition coefficient (Wildman–Crippen LogP) is 2.32. The number of aromatic nitrogens is 1. The molecule has 8 heteroatoms. The number of benzene rings is 1. The number of hydrogen-bond donors (Lipinski definition) is 2. The molecule has 1 amide bonds. The van der Waals surface area contributed by atoms with Crippen LogP contribution in [0.2, 0.25) is 0 Å². The Hall–Kier alpha value is -3.16. The van der Waals surface area contributed by atoms with Crippen molar-refractivity contribution < 1.29 is 14.5 Å². The maximum atomic E-state index is 11.1. The minimum Gasteiger partial charge on any atom is -0.437 e. The summed E-state index contributed by atoms with van der Waals surface area (Å²) in [5, 5.41) is 13.3. The van der Waals surface area contributed by atoms with Gasteiger partial charge < -0.3 is 15.8 Å². The van der Waals surface area contributed by atoms with E-state index < -0.39 is 4.92 Å². The van der Waals surface area contributed by atoms with Gasteiger partial charge in [0.05, 0.1) is 10.6 Å². The molecule has 3 N–H and O–H groups in total. The second kappa shape index (κ2) is 5.87. The first-order chi connectivity index (χ1) is 9.97. The number of carbonyl (C=O) groups excluding carboxylic acids is 1. The first-order valence-electron chi connectivity index (χ1n) is 5.93. The van der Waals surface area contributed by atoms with E-state index >= 15 is 0 Å². The van der Waals surface area contributed by atoms with E-state index in [4.69, 9.17) is 10.5 Å². The van der Waals surface area contributed by atoms with Crippen molar-refractivity contribution in [1.29, 1.82) is 0 Å². The number of nitro groups is 1. The Balaban J connectivity index is 2.28. The van der Waals surface area contributed by atoms with Crippen molar-refractivity contribution in [2.75, 3.05) is 11.1 Å². The van der Waals surface area contributed by atoms with E-state index in [-0.39, 0.29) is 23.3 Å². The van der Waals surface area contributed by atoms with E-state index in [1.807, 2.05) is 0 Å². The molecule has 0 radical (unpaired) electrons. The molecule has 8 nitrogen and oxygen atoms in total. The van der Waals surface area contributed by atoms with Crippen molar-refractivity contribution in [3.63, 3.8) is 0 Å². The van der Waals surface area contributed by atoms with Crippen LogP contribution >= 0.6 is 0 Å². The lowest BCUT2D eigenvalue weighted by molar-refractivity contribution is -0.384. The summed E-state index contributed by atoms with van der Waals surface area (Å²) in [7, 11) is 0. The molecule has 0 aliphatic heterocycles. The van der Waals surface area contributed by atoms with Crippen LogP contribution in [0.5, 0.6) is 11.6 Å². The van der Waals surface area contributed by atoms with Gasteiger partial charge in [-0.05, 0) is 12.1 Å². The predicted molar refractivity (Wildman–Crippen MR) is 76.1 cm³/mol. The SMILES string of the molecule is CC(=O)Nc1ccccc1Oc1ccc([N+](=O)[O-])c(N)n1. The molecule has 1 aromatic heterocycles. The van der Waals surface area contributed by atoms with Crippen LogP contribution < -0.4 is 15.8 Å². The Labute approximate surface area is 119 Å². The fraction of sp³-hybridized carbons (Fsp3) is 0.0769. The van der Waals surface area contributed by atoms with E-state index in [1.165, 1.54) is 19.1 Å². The number of para-hydroxylation sites is 2. The number of nitrogens with zero attached hydrogens (tertiary/aromatic N) is 2. The molecular weight excluding hydrogens is 276 g/mol. The zero-order valence-electron chi connectivity index (χ0n) is 11.1. The lowest BCUT2D eigenvalue weighted by atomic mass is 10.3. The van der Waals surface area contributed by atoms with E-state index in [1.54, 1.807) is 24.3 Å².